The van der Waals surface area contributed by atoms with E-state index in [0.29, 0.717) is 17.3 Å². The second kappa shape index (κ2) is 6.71. The number of nitrogen functional groups attached to an aromatic ring is 1. The molecule has 8 heteroatoms. The Morgan fingerprint density at radius 3 is 2.54 bits per heavy atom. The Bertz CT molecular complexity index is 844. The number of anilines is 5. The molecule has 2 aromatic heterocycles. The summed E-state index contributed by atoms with van der Waals surface area (Å²) in [4.78, 5) is 14.0. The van der Waals surface area contributed by atoms with Crippen molar-refractivity contribution in [3.63, 3.8) is 0 Å². The summed E-state index contributed by atoms with van der Waals surface area (Å²) in [6.07, 6.45) is 1.45. The van der Waals surface area contributed by atoms with E-state index >= 15 is 0 Å². The van der Waals surface area contributed by atoms with Crippen LogP contribution in [0.4, 0.5) is 28.1 Å². The number of nitrogens with one attached hydrogen (secondary N) is 2. The van der Waals surface area contributed by atoms with Crippen molar-refractivity contribution >= 4 is 39.5 Å². The fraction of sp³-hybridized carbons (Fsp3) is 0.188. The Labute approximate surface area is 143 Å². The highest BCUT2D eigenvalue weighted by molar-refractivity contribution is 7.15. The summed E-state index contributed by atoms with van der Waals surface area (Å²) >= 11 is 1.56. The summed E-state index contributed by atoms with van der Waals surface area (Å²) in [7, 11) is 1.62. The van der Waals surface area contributed by atoms with E-state index in [2.05, 4.69) is 25.6 Å². The predicted molar refractivity (Wildman–Crippen MR) is 97.6 cm³/mol. The summed E-state index contributed by atoms with van der Waals surface area (Å²) in [6, 6.07) is 7.53. The van der Waals surface area contributed by atoms with Crippen molar-refractivity contribution in [1.82, 2.24) is 15.0 Å². The van der Waals surface area contributed by atoms with Gasteiger partial charge in [0.2, 0.25) is 0 Å². The molecule has 0 fully saturated rings. The summed E-state index contributed by atoms with van der Waals surface area (Å²) in [5.41, 5.74) is 8.43. The first-order chi connectivity index (χ1) is 11.6. The van der Waals surface area contributed by atoms with Crippen LogP contribution in [0.25, 0.3) is 0 Å². The average Bonchev–Trinajstić information content (AvgIpc) is 2.89. The molecule has 7 nitrogen and oxygen atoms in total. The molecule has 0 unspecified atom stereocenters. The minimum atomic E-state index is 0.422. The molecular formula is C16H18N6OS. The molecule has 124 valence electrons. The van der Waals surface area contributed by atoms with Gasteiger partial charge in [-0.2, -0.15) is 0 Å². The van der Waals surface area contributed by atoms with Crippen molar-refractivity contribution in [3.8, 4) is 5.75 Å². The largest absolute Gasteiger partial charge is 0.497 e. The first-order valence-electron chi connectivity index (χ1n) is 7.29. The lowest BCUT2D eigenvalue weighted by Gasteiger charge is -2.12. The highest BCUT2D eigenvalue weighted by Gasteiger charge is 2.11. The van der Waals surface area contributed by atoms with Crippen molar-refractivity contribution < 1.29 is 4.74 Å². The SMILES string of the molecule is COc1cccc(Nc2ncnc(Nc3nc(C)c(C)s3)c2N)c1. The third-order valence-electron chi connectivity index (χ3n) is 3.47. The van der Waals surface area contributed by atoms with E-state index in [1.165, 1.54) is 6.33 Å². The van der Waals surface area contributed by atoms with Gasteiger partial charge in [-0.15, -0.1) is 11.3 Å². The van der Waals surface area contributed by atoms with Crippen LogP contribution in [0, 0.1) is 13.8 Å². The summed E-state index contributed by atoms with van der Waals surface area (Å²) < 4.78 is 5.22. The van der Waals surface area contributed by atoms with Crippen LogP contribution >= 0.6 is 11.3 Å². The average molecular weight is 342 g/mol. The molecule has 0 saturated carbocycles. The first kappa shape index (κ1) is 16.0. The van der Waals surface area contributed by atoms with Crippen molar-refractivity contribution in [3.05, 3.63) is 41.2 Å². The van der Waals surface area contributed by atoms with Gasteiger partial charge >= 0.3 is 0 Å². The van der Waals surface area contributed by atoms with Gasteiger partial charge in [-0.3, -0.25) is 0 Å². The molecule has 0 aliphatic heterocycles. The maximum atomic E-state index is 6.19. The number of aryl methyl sites for hydroxylation is 2. The summed E-state index contributed by atoms with van der Waals surface area (Å²) in [5.74, 6) is 1.79. The molecule has 0 aliphatic carbocycles. The molecule has 1 aromatic carbocycles. The van der Waals surface area contributed by atoms with E-state index in [1.807, 2.05) is 38.1 Å². The fourth-order valence-electron chi connectivity index (χ4n) is 2.06. The normalized spacial score (nSPS) is 10.5. The zero-order valence-corrected chi connectivity index (χ0v) is 14.4. The van der Waals surface area contributed by atoms with Gasteiger partial charge in [-0.25, -0.2) is 15.0 Å². The molecule has 2 heterocycles. The van der Waals surface area contributed by atoms with Crippen molar-refractivity contribution in [2.75, 3.05) is 23.5 Å². The van der Waals surface area contributed by atoms with Crippen molar-refractivity contribution in [1.29, 1.82) is 0 Å². The quantitative estimate of drug-likeness (QED) is 0.651. The molecule has 0 spiro atoms. The van der Waals surface area contributed by atoms with Crippen LogP contribution in [0.15, 0.2) is 30.6 Å². The number of nitrogens with two attached hydrogens (primary N) is 1. The number of ether oxygens (including phenoxy) is 1. The maximum Gasteiger partial charge on any atom is 0.188 e. The second-order valence-electron chi connectivity index (χ2n) is 5.13. The van der Waals surface area contributed by atoms with Gasteiger partial charge in [0.15, 0.2) is 16.8 Å². The molecule has 0 aliphatic rings. The first-order valence-corrected chi connectivity index (χ1v) is 8.11. The van der Waals surface area contributed by atoms with Crippen LogP contribution in [0.5, 0.6) is 5.75 Å². The van der Waals surface area contributed by atoms with Crippen LogP contribution in [0.2, 0.25) is 0 Å². The van der Waals surface area contributed by atoms with Gasteiger partial charge in [-0.05, 0) is 26.0 Å². The van der Waals surface area contributed by atoms with Crippen molar-refractivity contribution in [2.24, 2.45) is 0 Å². The Balaban J connectivity index is 1.84. The Morgan fingerprint density at radius 2 is 1.88 bits per heavy atom. The topological polar surface area (TPSA) is 98.0 Å². The van der Waals surface area contributed by atoms with Gasteiger partial charge in [-0.1, -0.05) is 6.07 Å². The Hall–Kier alpha value is -2.87. The highest BCUT2D eigenvalue weighted by Crippen LogP contribution is 2.31. The molecule has 3 rings (SSSR count). The van der Waals surface area contributed by atoms with E-state index in [-0.39, 0.29) is 0 Å². The molecule has 0 atom stereocenters. The third-order valence-corrected chi connectivity index (χ3v) is 4.46. The number of rotatable bonds is 5. The second-order valence-corrected chi connectivity index (χ2v) is 6.33. The minimum Gasteiger partial charge on any atom is -0.497 e. The van der Waals surface area contributed by atoms with Crippen LogP contribution < -0.4 is 21.1 Å². The Morgan fingerprint density at radius 1 is 1.12 bits per heavy atom. The maximum absolute atomic E-state index is 6.19. The van der Waals surface area contributed by atoms with E-state index in [0.717, 1.165) is 27.1 Å². The molecular weight excluding hydrogens is 324 g/mol. The third kappa shape index (κ3) is 3.38. The monoisotopic (exact) mass is 342 g/mol. The zero-order valence-electron chi connectivity index (χ0n) is 13.6. The molecule has 4 N–H and O–H groups in total. The number of hydrogen-bond acceptors (Lipinski definition) is 8. The van der Waals surface area contributed by atoms with Gasteiger partial charge in [0.1, 0.15) is 17.8 Å². The fourth-order valence-corrected chi connectivity index (χ4v) is 2.87. The predicted octanol–water partition coefficient (Wildman–Crippen LogP) is 3.63. The number of aromatic nitrogens is 3. The number of hydrogen-bond donors (Lipinski definition) is 3. The van der Waals surface area contributed by atoms with Crippen LogP contribution in [-0.4, -0.2) is 22.1 Å². The highest BCUT2D eigenvalue weighted by atomic mass is 32.1. The smallest absolute Gasteiger partial charge is 0.188 e. The van der Waals surface area contributed by atoms with Gasteiger partial charge in [0.25, 0.3) is 0 Å². The van der Waals surface area contributed by atoms with Gasteiger partial charge < -0.3 is 21.1 Å². The van der Waals surface area contributed by atoms with Crippen molar-refractivity contribution in [2.45, 2.75) is 13.8 Å². The van der Waals surface area contributed by atoms with E-state index in [1.54, 1.807) is 18.4 Å². The lowest BCUT2D eigenvalue weighted by atomic mass is 10.3. The minimum absolute atomic E-state index is 0.422. The lowest BCUT2D eigenvalue weighted by Crippen LogP contribution is -2.05. The molecule has 24 heavy (non-hydrogen) atoms. The molecule has 3 aromatic rings. The van der Waals surface area contributed by atoms with E-state index in [9.17, 15) is 0 Å². The molecule has 0 bridgehead atoms. The zero-order chi connectivity index (χ0) is 17.1. The van der Waals surface area contributed by atoms with Gasteiger partial charge in [0, 0.05) is 16.6 Å². The van der Waals surface area contributed by atoms with Crippen LogP contribution in [0.1, 0.15) is 10.6 Å². The number of benzene rings is 1. The molecule has 0 radical (unpaired) electrons. The number of nitrogens with zero attached hydrogens (tertiary/aromatic N) is 3. The standard InChI is InChI=1S/C16H18N6OS/c1-9-10(2)24-16(20-9)22-15-13(17)14(18-8-19-15)21-11-5-4-6-12(7-11)23-3/h4-8H,17H2,1-3H3,(H2,18,19,20,21,22). The number of methoxy groups -OCH3 is 1. The summed E-state index contributed by atoms with van der Waals surface area (Å²) in [6.45, 7) is 3.99. The molecule has 0 saturated heterocycles. The molecule has 0 amide bonds. The van der Waals surface area contributed by atoms with Crippen LogP contribution in [-0.2, 0) is 0 Å². The Kier molecular flexibility index (Phi) is 4.48. The number of thiazole rings is 1. The van der Waals surface area contributed by atoms with E-state index in [4.69, 9.17) is 10.5 Å². The van der Waals surface area contributed by atoms with Crippen LogP contribution in [0.3, 0.4) is 0 Å². The van der Waals surface area contributed by atoms with Gasteiger partial charge in [0.05, 0.1) is 12.8 Å². The summed E-state index contributed by atoms with van der Waals surface area (Å²) in [5, 5.41) is 7.08. The van der Waals surface area contributed by atoms with E-state index < -0.39 is 0 Å². The lowest BCUT2D eigenvalue weighted by molar-refractivity contribution is 0.415.